The molecule has 1 aromatic carbocycles. The van der Waals surface area contributed by atoms with Crippen LogP contribution in [0.1, 0.15) is 28.2 Å². The van der Waals surface area contributed by atoms with Crippen LogP contribution in [0.25, 0.3) is 0 Å². The molecule has 0 fully saturated rings. The number of hydrogen-bond donors (Lipinski definition) is 1. The summed E-state index contributed by atoms with van der Waals surface area (Å²) in [5, 5.41) is 3.05. The second-order valence-electron chi connectivity index (χ2n) is 5.03. The molecule has 0 aliphatic heterocycles. The Bertz CT molecular complexity index is 624. The number of carbonyl (C=O) groups excluding carboxylic acids is 1. The first-order valence-electron chi connectivity index (χ1n) is 6.98. The molecule has 21 heavy (non-hydrogen) atoms. The predicted molar refractivity (Wildman–Crippen MR) is 83.0 cm³/mol. The van der Waals surface area contributed by atoms with E-state index in [1.54, 1.807) is 17.4 Å². The summed E-state index contributed by atoms with van der Waals surface area (Å²) in [6.07, 6.45) is 2.29. The summed E-state index contributed by atoms with van der Waals surface area (Å²) in [6.45, 7) is 2.01. The lowest BCUT2D eigenvalue weighted by molar-refractivity contribution is -0.117. The lowest BCUT2D eigenvalue weighted by atomic mass is 10.0. The van der Waals surface area contributed by atoms with E-state index in [0.717, 1.165) is 22.7 Å². The van der Waals surface area contributed by atoms with Crippen LogP contribution in [0.15, 0.2) is 23.6 Å². The quantitative estimate of drug-likeness (QED) is 0.856. The molecule has 0 atom stereocenters. The van der Waals surface area contributed by atoms with Gasteiger partial charge < -0.3 is 5.73 Å². The summed E-state index contributed by atoms with van der Waals surface area (Å²) < 4.78 is 14.0. The summed E-state index contributed by atoms with van der Waals surface area (Å²) >= 11 is 1.61. The third-order valence-electron chi connectivity index (χ3n) is 3.35. The van der Waals surface area contributed by atoms with E-state index in [1.807, 2.05) is 18.4 Å². The minimum absolute atomic E-state index is 0.00149. The van der Waals surface area contributed by atoms with Gasteiger partial charge in [0.1, 0.15) is 11.6 Å². The van der Waals surface area contributed by atoms with Crippen LogP contribution in [0.2, 0.25) is 0 Å². The van der Waals surface area contributed by atoms with Gasteiger partial charge >= 0.3 is 0 Å². The first-order chi connectivity index (χ1) is 10.1. The summed E-state index contributed by atoms with van der Waals surface area (Å²) in [4.78, 5) is 15.6. The van der Waals surface area contributed by atoms with Crippen molar-refractivity contribution in [1.29, 1.82) is 0 Å². The van der Waals surface area contributed by atoms with E-state index in [9.17, 15) is 9.18 Å². The van der Waals surface area contributed by atoms with Gasteiger partial charge in [0.25, 0.3) is 0 Å². The van der Waals surface area contributed by atoms with Gasteiger partial charge in [-0.15, -0.1) is 11.3 Å². The molecule has 1 aromatic heterocycles. The summed E-state index contributed by atoms with van der Waals surface area (Å²) in [5.41, 5.74) is 7.79. The minimum Gasteiger partial charge on any atom is -0.324 e. The van der Waals surface area contributed by atoms with Crippen molar-refractivity contribution in [2.24, 2.45) is 5.73 Å². The molecular formula is C16H19FN2OS. The van der Waals surface area contributed by atoms with Crippen LogP contribution < -0.4 is 5.73 Å². The Morgan fingerprint density at radius 3 is 2.76 bits per heavy atom. The standard InChI is InChI=1S/C16H19FN2OS/c1-11-19-14(10-21-11)6-5-13-4-2-12(8-16(13)17)3-7-15(20)9-18/h2,4,8,10H,3,5-7,9,18H2,1H3. The Labute approximate surface area is 128 Å². The van der Waals surface area contributed by atoms with Crippen LogP contribution in [0.5, 0.6) is 0 Å². The summed E-state index contributed by atoms with van der Waals surface area (Å²) in [5.74, 6) is -0.210. The summed E-state index contributed by atoms with van der Waals surface area (Å²) in [7, 11) is 0. The topological polar surface area (TPSA) is 56.0 Å². The number of carbonyl (C=O) groups is 1. The Morgan fingerprint density at radius 2 is 2.14 bits per heavy atom. The molecule has 5 heteroatoms. The lowest BCUT2D eigenvalue weighted by Crippen LogP contribution is -2.13. The fourth-order valence-corrected chi connectivity index (χ4v) is 2.77. The third-order valence-corrected chi connectivity index (χ3v) is 4.18. The molecule has 0 amide bonds. The zero-order valence-electron chi connectivity index (χ0n) is 12.1. The highest BCUT2D eigenvalue weighted by molar-refractivity contribution is 7.09. The van der Waals surface area contributed by atoms with Crippen molar-refractivity contribution in [2.75, 3.05) is 6.54 Å². The van der Waals surface area contributed by atoms with Crippen LogP contribution in [-0.2, 0) is 24.1 Å². The molecular weight excluding hydrogens is 287 g/mol. The van der Waals surface area contributed by atoms with E-state index in [-0.39, 0.29) is 18.1 Å². The number of rotatable bonds is 7. The molecule has 2 N–H and O–H groups in total. The smallest absolute Gasteiger partial charge is 0.146 e. The maximum Gasteiger partial charge on any atom is 0.146 e. The highest BCUT2D eigenvalue weighted by atomic mass is 32.1. The Morgan fingerprint density at radius 1 is 1.33 bits per heavy atom. The van der Waals surface area contributed by atoms with Gasteiger partial charge in [-0.3, -0.25) is 4.79 Å². The highest BCUT2D eigenvalue weighted by Gasteiger charge is 2.07. The zero-order valence-corrected chi connectivity index (χ0v) is 12.9. The molecule has 1 heterocycles. The van der Waals surface area contributed by atoms with Crippen molar-refractivity contribution < 1.29 is 9.18 Å². The van der Waals surface area contributed by atoms with E-state index in [4.69, 9.17) is 5.73 Å². The first-order valence-corrected chi connectivity index (χ1v) is 7.86. The fourth-order valence-electron chi connectivity index (χ4n) is 2.12. The number of aryl methyl sites for hydroxylation is 4. The number of Topliss-reactive ketones (excluding diaryl/α,β-unsaturated/α-hetero) is 1. The SMILES string of the molecule is Cc1nc(CCc2ccc(CCC(=O)CN)cc2F)cs1. The van der Waals surface area contributed by atoms with Crippen LogP contribution in [0.4, 0.5) is 4.39 Å². The molecule has 0 saturated heterocycles. The highest BCUT2D eigenvalue weighted by Crippen LogP contribution is 2.16. The maximum atomic E-state index is 14.0. The number of nitrogens with two attached hydrogens (primary N) is 1. The first kappa shape index (κ1) is 15.8. The number of thiazole rings is 1. The van der Waals surface area contributed by atoms with E-state index in [2.05, 4.69) is 4.98 Å². The van der Waals surface area contributed by atoms with Crippen molar-refractivity contribution in [3.63, 3.8) is 0 Å². The van der Waals surface area contributed by atoms with Crippen LogP contribution >= 0.6 is 11.3 Å². The second-order valence-corrected chi connectivity index (χ2v) is 6.09. The van der Waals surface area contributed by atoms with Gasteiger partial charge in [-0.25, -0.2) is 9.37 Å². The Hall–Kier alpha value is -1.59. The molecule has 2 aromatic rings. The molecule has 112 valence electrons. The predicted octanol–water partition coefficient (Wildman–Crippen LogP) is 2.84. The lowest BCUT2D eigenvalue weighted by Gasteiger charge is -2.05. The van der Waals surface area contributed by atoms with Crippen molar-refractivity contribution in [3.05, 3.63) is 51.2 Å². The molecule has 0 unspecified atom stereocenters. The largest absolute Gasteiger partial charge is 0.324 e. The molecule has 0 aliphatic carbocycles. The fraction of sp³-hybridized carbons (Fsp3) is 0.375. The second kappa shape index (κ2) is 7.43. The molecule has 0 aliphatic rings. The van der Waals surface area contributed by atoms with Gasteiger partial charge in [-0.1, -0.05) is 12.1 Å². The molecule has 0 bridgehead atoms. The zero-order chi connectivity index (χ0) is 15.2. The van der Waals surface area contributed by atoms with E-state index < -0.39 is 0 Å². The minimum atomic E-state index is -0.209. The van der Waals surface area contributed by atoms with E-state index in [1.165, 1.54) is 6.07 Å². The van der Waals surface area contributed by atoms with Gasteiger partial charge in [0.2, 0.25) is 0 Å². The number of aromatic nitrogens is 1. The Balaban J connectivity index is 1.94. The van der Waals surface area contributed by atoms with E-state index >= 15 is 0 Å². The number of nitrogens with zero attached hydrogens (tertiary/aromatic N) is 1. The summed E-state index contributed by atoms with van der Waals surface area (Å²) in [6, 6.07) is 5.21. The van der Waals surface area contributed by atoms with Crippen molar-refractivity contribution in [3.8, 4) is 0 Å². The molecule has 0 spiro atoms. The number of halogens is 1. The van der Waals surface area contributed by atoms with Crippen LogP contribution in [0, 0.1) is 12.7 Å². The van der Waals surface area contributed by atoms with Gasteiger partial charge in [0, 0.05) is 11.8 Å². The van der Waals surface area contributed by atoms with Gasteiger partial charge in [-0.05, 0) is 43.4 Å². The number of ketones is 1. The average Bonchev–Trinajstić information content (AvgIpc) is 2.89. The molecule has 2 rings (SSSR count). The normalized spacial score (nSPS) is 10.8. The van der Waals surface area contributed by atoms with Crippen LogP contribution in [-0.4, -0.2) is 17.3 Å². The number of hydrogen-bond acceptors (Lipinski definition) is 4. The average molecular weight is 306 g/mol. The monoisotopic (exact) mass is 306 g/mol. The van der Waals surface area contributed by atoms with Crippen molar-refractivity contribution in [1.82, 2.24) is 4.98 Å². The third kappa shape index (κ3) is 4.72. The van der Waals surface area contributed by atoms with Crippen molar-refractivity contribution in [2.45, 2.75) is 32.6 Å². The van der Waals surface area contributed by atoms with Crippen LogP contribution in [0.3, 0.4) is 0 Å². The number of benzene rings is 1. The van der Waals surface area contributed by atoms with Gasteiger partial charge in [0.15, 0.2) is 0 Å². The van der Waals surface area contributed by atoms with E-state index in [0.29, 0.717) is 24.8 Å². The molecule has 3 nitrogen and oxygen atoms in total. The van der Waals surface area contributed by atoms with Gasteiger partial charge in [0.05, 0.1) is 17.2 Å². The Kier molecular flexibility index (Phi) is 5.59. The molecule has 0 radical (unpaired) electrons. The van der Waals surface area contributed by atoms with Crippen molar-refractivity contribution >= 4 is 17.1 Å². The van der Waals surface area contributed by atoms with Gasteiger partial charge in [-0.2, -0.15) is 0 Å². The maximum absolute atomic E-state index is 14.0. The molecule has 0 saturated carbocycles.